The maximum atomic E-state index is 13.6. The van der Waals surface area contributed by atoms with E-state index >= 15 is 0 Å². The molecule has 0 bridgehead atoms. The maximum Gasteiger partial charge on any atom is 0.335 e. The smallest absolute Gasteiger partial charge is 0.335 e. The third-order valence-electron chi connectivity index (χ3n) is 3.05. The molecule has 0 aliphatic carbocycles. The SMILES string of the molecule is CC1=C(C(=O)O)C(c2cccc(F)c2C)N=C(Cl)N1. The Bertz CT molecular complexity index is 611. The molecule has 0 aromatic heterocycles. The van der Waals surface area contributed by atoms with E-state index in [1.54, 1.807) is 19.9 Å². The number of carboxylic acid groups (broad SMARTS) is 1. The van der Waals surface area contributed by atoms with Gasteiger partial charge in [0, 0.05) is 5.70 Å². The first-order valence-corrected chi connectivity index (χ1v) is 5.99. The second-order valence-corrected chi connectivity index (χ2v) is 4.60. The van der Waals surface area contributed by atoms with Gasteiger partial charge < -0.3 is 10.4 Å². The van der Waals surface area contributed by atoms with Crippen molar-refractivity contribution in [2.75, 3.05) is 0 Å². The lowest BCUT2D eigenvalue weighted by Crippen LogP contribution is -2.28. The molecule has 0 radical (unpaired) electrons. The van der Waals surface area contributed by atoms with Crippen molar-refractivity contribution in [3.63, 3.8) is 0 Å². The number of benzene rings is 1. The minimum Gasteiger partial charge on any atom is -0.478 e. The Hall–Kier alpha value is -1.88. The Morgan fingerprint density at radius 3 is 2.79 bits per heavy atom. The molecule has 1 aliphatic rings. The molecule has 19 heavy (non-hydrogen) atoms. The number of rotatable bonds is 2. The van der Waals surface area contributed by atoms with Crippen LogP contribution in [0.25, 0.3) is 0 Å². The van der Waals surface area contributed by atoms with Crippen LogP contribution in [-0.4, -0.2) is 16.4 Å². The Kier molecular flexibility index (Phi) is 3.57. The molecule has 1 atom stereocenters. The fraction of sp³-hybridized carbons (Fsp3) is 0.231. The lowest BCUT2D eigenvalue weighted by molar-refractivity contribution is -0.133. The van der Waals surface area contributed by atoms with Crippen molar-refractivity contribution >= 4 is 22.9 Å². The summed E-state index contributed by atoms with van der Waals surface area (Å²) in [5.41, 5.74) is 1.34. The largest absolute Gasteiger partial charge is 0.478 e. The van der Waals surface area contributed by atoms with Gasteiger partial charge in [-0.15, -0.1) is 0 Å². The van der Waals surface area contributed by atoms with E-state index in [0.717, 1.165) is 0 Å². The molecule has 1 aliphatic heterocycles. The van der Waals surface area contributed by atoms with Crippen LogP contribution in [0.3, 0.4) is 0 Å². The highest BCUT2D eigenvalue weighted by molar-refractivity contribution is 6.65. The van der Waals surface area contributed by atoms with Gasteiger partial charge in [0.15, 0.2) is 5.29 Å². The van der Waals surface area contributed by atoms with E-state index in [-0.39, 0.29) is 10.9 Å². The van der Waals surface area contributed by atoms with E-state index < -0.39 is 17.8 Å². The molecule has 0 fully saturated rings. The Labute approximate surface area is 114 Å². The van der Waals surface area contributed by atoms with Crippen LogP contribution in [-0.2, 0) is 4.79 Å². The monoisotopic (exact) mass is 282 g/mol. The van der Waals surface area contributed by atoms with E-state index in [1.165, 1.54) is 12.1 Å². The van der Waals surface area contributed by atoms with E-state index in [2.05, 4.69) is 10.3 Å². The van der Waals surface area contributed by atoms with Crippen molar-refractivity contribution < 1.29 is 14.3 Å². The Balaban J connectivity index is 2.60. The van der Waals surface area contributed by atoms with Crippen LogP contribution in [0.15, 0.2) is 34.5 Å². The average molecular weight is 283 g/mol. The molecule has 1 heterocycles. The predicted molar refractivity (Wildman–Crippen MR) is 70.6 cm³/mol. The van der Waals surface area contributed by atoms with E-state index in [1.807, 2.05) is 0 Å². The van der Waals surface area contributed by atoms with Crippen molar-refractivity contribution in [2.45, 2.75) is 19.9 Å². The lowest BCUT2D eigenvalue weighted by atomic mass is 9.93. The van der Waals surface area contributed by atoms with Gasteiger partial charge in [0.05, 0.1) is 5.57 Å². The summed E-state index contributed by atoms with van der Waals surface area (Å²) in [5.74, 6) is -1.50. The molecule has 1 aromatic carbocycles. The number of hydrogen-bond acceptors (Lipinski definition) is 3. The summed E-state index contributed by atoms with van der Waals surface area (Å²) in [4.78, 5) is 15.4. The minimum atomic E-state index is -1.11. The van der Waals surface area contributed by atoms with E-state index in [0.29, 0.717) is 16.8 Å². The molecule has 2 N–H and O–H groups in total. The van der Waals surface area contributed by atoms with E-state index in [9.17, 15) is 14.3 Å². The van der Waals surface area contributed by atoms with Crippen LogP contribution in [0.5, 0.6) is 0 Å². The zero-order chi connectivity index (χ0) is 14.2. The van der Waals surface area contributed by atoms with Crippen LogP contribution >= 0.6 is 11.6 Å². The van der Waals surface area contributed by atoms with Gasteiger partial charge in [0.1, 0.15) is 11.9 Å². The molecule has 1 unspecified atom stereocenters. The molecule has 1 aromatic rings. The molecular weight excluding hydrogens is 271 g/mol. The number of nitrogens with zero attached hydrogens (tertiary/aromatic N) is 1. The number of aliphatic imine (C=N–C) groups is 1. The number of allylic oxidation sites excluding steroid dienone is 1. The van der Waals surface area contributed by atoms with Gasteiger partial charge in [-0.2, -0.15) is 0 Å². The third-order valence-corrected chi connectivity index (χ3v) is 3.24. The van der Waals surface area contributed by atoms with Crippen LogP contribution in [0, 0.1) is 12.7 Å². The highest BCUT2D eigenvalue weighted by Gasteiger charge is 2.30. The van der Waals surface area contributed by atoms with Crippen molar-refractivity contribution in [2.24, 2.45) is 4.99 Å². The standard InChI is InChI=1S/C13H12ClFN2O2/c1-6-8(4-3-5-9(6)15)11-10(12(18)19)7(2)16-13(14)17-11/h3-5,11H,1-2H3,(H,16,17)(H,18,19). The van der Waals surface area contributed by atoms with Gasteiger partial charge in [-0.25, -0.2) is 14.2 Å². The molecule has 2 rings (SSSR count). The van der Waals surface area contributed by atoms with Crippen molar-refractivity contribution in [1.82, 2.24) is 5.32 Å². The number of amidine groups is 1. The van der Waals surface area contributed by atoms with Gasteiger partial charge in [-0.1, -0.05) is 12.1 Å². The van der Waals surface area contributed by atoms with Crippen LogP contribution in [0.2, 0.25) is 0 Å². The number of hydrogen-bond donors (Lipinski definition) is 2. The highest BCUT2D eigenvalue weighted by Crippen LogP contribution is 2.33. The summed E-state index contributed by atoms with van der Waals surface area (Å²) in [7, 11) is 0. The molecule has 100 valence electrons. The first-order valence-electron chi connectivity index (χ1n) is 5.61. The van der Waals surface area contributed by atoms with Gasteiger partial charge in [0.2, 0.25) is 0 Å². The quantitative estimate of drug-likeness (QED) is 0.820. The fourth-order valence-electron chi connectivity index (χ4n) is 2.06. The Morgan fingerprint density at radius 1 is 1.47 bits per heavy atom. The van der Waals surface area contributed by atoms with Crippen LogP contribution in [0.4, 0.5) is 4.39 Å². The number of aliphatic carboxylic acids is 1. The molecule has 0 spiro atoms. The van der Waals surface area contributed by atoms with Crippen molar-refractivity contribution in [1.29, 1.82) is 0 Å². The number of nitrogens with one attached hydrogen (secondary N) is 1. The predicted octanol–water partition coefficient (Wildman–Crippen LogP) is 2.73. The number of carboxylic acids is 1. The van der Waals surface area contributed by atoms with Crippen molar-refractivity contribution in [3.8, 4) is 0 Å². The lowest BCUT2D eigenvalue weighted by Gasteiger charge is -2.23. The number of carbonyl (C=O) groups is 1. The van der Waals surface area contributed by atoms with Crippen molar-refractivity contribution in [3.05, 3.63) is 46.4 Å². The summed E-state index contributed by atoms with van der Waals surface area (Å²) in [6, 6.07) is 3.69. The topological polar surface area (TPSA) is 61.7 Å². The normalized spacial score (nSPS) is 18.9. The molecule has 0 saturated carbocycles. The molecule has 4 nitrogen and oxygen atoms in total. The van der Waals surface area contributed by atoms with Gasteiger partial charge in [0.25, 0.3) is 0 Å². The zero-order valence-corrected chi connectivity index (χ0v) is 11.1. The molecular formula is C13H12ClFN2O2. The van der Waals surface area contributed by atoms with Gasteiger partial charge >= 0.3 is 5.97 Å². The van der Waals surface area contributed by atoms with Crippen LogP contribution < -0.4 is 5.32 Å². The third kappa shape index (κ3) is 2.46. The Morgan fingerprint density at radius 2 is 2.16 bits per heavy atom. The second-order valence-electron chi connectivity index (χ2n) is 4.25. The van der Waals surface area contributed by atoms with Crippen LogP contribution in [0.1, 0.15) is 24.1 Å². The average Bonchev–Trinajstić information content (AvgIpc) is 2.31. The minimum absolute atomic E-state index is 0.0677. The van der Waals surface area contributed by atoms with Gasteiger partial charge in [-0.05, 0) is 42.6 Å². The van der Waals surface area contributed by atoms with E-state index in [4.69, 9.17) is 11.6 Å². The second kappa shape index (κ2) is 5.01. The number of halogens is 2. The molecule has 0 amide bonds. The summed E-state index contributed by atoms with van der Waals surface area (Å²) in [6.07, 6.45) is 0. The summed E-state index contributed by atoms with van der Waals surface area (Å²) in [5, 5.41) is 12.0. The maximum absolute atomic E-state index is 13.6. The highest BCUT2D eigenvalue weighted by atomic mass is 35.5. The molecule has 6 heteroatoms. The molecule has 0 saturated heterocycles. The summed E-state index contributed by atoms with van der Waals surface area (Å²) >= 11 is 5.84. The summed E-state index contributed by atoms with van der Waals surface area (Å²) in [6.45, 7) is 3.19. The first-order chi connectivity index (χ1) is 8.91. The van der Waals surface area contributed by atoms with Gasteiger partial charge in [-0.3, -0.25) is 0 Å². The first kappa shape index (κ1) is 13.5. The zero-order valence-electron chi connectivity index (χ0n) is 10.4. The fourth-order valence-corrected chi connectivity index (χ4v) is 2.30. The summed E-state index contributed by atoms with van der Waals surface area (Å²) < 4.78 is 13.6.